The third kappa shape index (κ3) is 1.99. The fraction of sp³-hybridized carbons (Fsp3) is 0.111. The summed E-state index contributed by atoms with van der Waals surface area (Å²) in [5.41, 5.74) is -0.545. The highest BCUT2D eigenvalue weighted by molar-refractivity contribution is 7.13. The van der Waals surface area contributed by atoms with Gasteiger partial charge in [0.2, 0.25) is 0 Å². The Kier molecular flexibility index (Phi) is 2.55. The standard InChI is InChI=1S/C9H5F3N2OS/c10-9(11,12)7(15)5-4-13-8(14-5)6-2-1-3-16-6/h1-4H,(H,13,14). The maximum Gasteiger partial charge on any atom is 0.456 e. The van der Waals surface area contributed by atoms with Gasteiger partial charge in [-0.1, -0.05) is 6.07 Å². The molecule has 2 aromatic heterocycles. The molecule has 0 saturated heterocycles. The number of aromatic nitrogens is 2. The van der Waals surface area contributed by atoms with Gasteiger partial charge in [-0.25, -0.2) is 4.98 Å². The second-order valence-electron chi connectivity index (χ2n) is 2.95. The molecule has 84 valence electrons. The number of Topliss-reactive ketones (excluding diaryl/α,β-unsaturated/α-hetero) is 1. The number of ketones is 1. The Morgan fingerprint density at radius 1 is 1.44 bits per heavy atom. The zero-order valence-electron chi connectivity index (χ0n) is 7.71. The van der Waals surface area contributed by atoms with Gasteiger partial charge in [0.25, 0.3) is 5.78 Å². The second kappa shape index (κ2) is 3.75. The van der Waals surface area contributed by atoms with Gasteiger partial charge in [-0.05, 0) is 11.4 Å². The van der Waals surface area contributed by atoms with E-state index in [0.717, 1.165) is 6.20 Å². The van der Waals surface area contributed by atoms with Crippen LogP contribution >= 0.6 is 11.3 Å². The summed E-state index contributed by atoms with van der Waals surface area (Å²) in [5, 5.41) is 1.77. The molecule has 7 heteroatoms. The van der Waals surface area contributed by atoms with Crippen LogP contribution in [0.5, 0.6) is 0 Å². The topological polar surface area (TPSA) is 45.8 Å². The molecule has 0 amide bonds. The largest absolute Gasteiger partial charge is 0.456 e. The Labute approximate surface area is 91.9 Å². The molecule has 0 radical (unpaired) electrons. The van der Waals surface area contributed by atoms with E-state index in [1.54, 1.807) is 17.5 Å². The van der Waals surface area contributed by atoms with E-state index in [-0.39, 0.29) is 5.82 Å². The number of rotatable bonds is 2. The first-order chi connectivity index (χ1) is 7.48. The number of H-pyrrole nitrogens is 1. The molecule has 0 aliphatic carbocycles. The normalized spacial score (nSPS) is 11.7. The lowest BCUT2D eigenvalue weighted by molar-refractivity contribution is -0.0887. The van der Waals surface area contributed by atoms with E-state index in [9.17, 15) is 18.0 Å². The summed E-state index contributed by atoms with van der Waals surface area (Å²) in [5.74, 6) is -1.65. The lowest BCUT2D eigenvalue weighted by Crippen LogP contribution is -2.22. The van der Waals surface area contributed by atoms with Gasteiger partial charge < -0.3 is 4.98 Å². The molecule has 2 rings (SSSR count). The van der Waals surface area contributed by atoms with Crippen molar-refractivity contribution in [3.63, 3.8) is 0 Å². The zero-order valence-corrected chi connectivity index (χ0v) is 8.52. The van der Waals surface area contributed by atoms with Crippen LogP contribution in [0.15, 0.2) is 23.7 Å². The number of thiophene rings is 1. The van der Waals surface area contributed by atoms with Gasteiger partial charge in [-0.15, -0.1) is 11.3 Å². The summed E-state index contributed by atoms with van der Waals surface area (Å²) in [7, 11) is 0. The van der Waals surface area contributed by atoms with Crippen LogP contribution in [0.4, 0.5) is 13.2 Å². The van der Waals surface area contributed by atoms with Gasteiger partial charge in [0.15, 0.2) is 0 Å². The average molecular weight is 246 g/mol. The van der Waals surface area contributed by atoms with Crippen LogP contribution in [0.25, 0.3) is 10.7 Å². The molecule has 0 fully saturated rings. The van der Waals surface area contributed by atoms with Crippen LogP contribution < -0.4 is 0 Å². The first-order valence-electron chi connectivity index (χ1n) is 4.19. The number of halogens is 3. The minimum atomic E-state index is -4.88. The zero-order chi connectivity index (χ0) is 11.8. The Hall–Kier alpha value is -1.63. The van der Waals surface area contributed by atoms with E-state index in [0.29, 0.717) is 4.88 Å². The molecule has 0 saturated carbocycles. The molecule has 0 bridgehead atoms. The van der Waals surface area contributed by atoms with E-state index < -0.39 is 17.7 Å². The first-order valence-corrected chi connectivity index (χ1v) is 5.07. The van der Waals surface area contributed by atoms with Gasteiger partial charge in [0.1, 0.15) is 11.5 Å². The van der Waals surface area contributed by atoms with E-state index in [1.807, 2.05) is 0 Å². The molecule has 0 unspecified atom stereocenters. The molecule has 0 aliphatic heterocycles. The van der Waals surface area contributed by atoms with Gasteiger partial charge >= 0.3 is 6.18 Å². The Balaban J connectivity index is 2.31. The van der Waals surface area contributed by atoms with Crippen molar-refractivity contribution in [1.29, 1.82) is 0 Å². The van der Waals surface area contributed by atoms with Gasteiger partial charge in [0, 0.05) is 0 Å². The van der Waals surface area contributed by atoms with Crippen molar-refractivity contribution in [2.24, 2.45) is 0 Å². The first kappa shape index (κ1) is 10.9. The van der Waals surface area contributed by atoms with E-state index in [1.165, 1.54) is 11.3 Å². The number of hydrogen-bond acceptors (Lipinski definition) is 3. The molecule has 0 atom stereocenters. The summed E-state index contributed by atoms with van der Waals surface area (Å²) < 4.78 is 36.3. The quantitative estimate of drug-likeness (QED) is 0.828. The predicted octanol–water partition coefficient (Wildman–Crippen LogP) is 2.88. The summed E-state index contributed by atoms with van der Waals surface area (Å²) in [4.78, 5) is 17.6. The van der Waals surface area contributed by atoms with Gasteiger partial charge in [-0.3, -0.25) is 4.79 Å². The van der Waals surface area contributed by atoms with E-state index in [2.05, 4.69) is 9.97 Å². The monoisotopic (exact) mass is 246 g/mol. The maximum absolute atomic E-state index is 12.1. The molecule has 0 aromatic carbocycles. The van der Waals surface area contributed by atoms with E-state index in [4.69, 9.17) is 0 Å². The highest BCUT2D eigenvalue weighted by atomic mass is 32.1. The second-order valence-corrected chi connectivity index (χ2v) is 3.90. The number of alkyl halides is 3. The Morgan fingerprint density at radius 3 is 2.75 bits per heavy atom. The SMILES string of the molecule is O=C(c1cnc(-c2cccs2)[nH]1)C(F)(F)F. The Bertz CT molecular complexity index is 501. The molecule has 1 N–H and O–H groups in total. The number of imidazole rings is 1. The van der Waals surface area contributed by atoms with Crippen LogP contribution in [0.3, 0.4) is 0 Å². The lowest BCUT2D eigenvalue weighted by Gasteiger charge is -2.01. The van der Waals surface area contributed by atoms with Gasteiger partial charge in [-0.2, -0.15) is 13.2 Å². The van der Waals surface area contributed by atoms with Crippen molar-refractivity contribution in [2.45, 2.75) is 6.18 Å². The molecular formula is C9H5F3N2OS. The van der Waals surface area contributed by atoms with E-state index >= 15 is 0 Å². The Morgan fingerprint density at radius 2 is 2.19 bits per heavy atom. The number of hydrogen-bond donors (Lipinski definition) is 1. The van der Waals surface area contributed by atoms with Crippen molar-refractivity contribution >= 4 is 17.1 Å². The fourth-order valence-electron chi connectivity index (χ4n) is 1.13. The highest BCUT2D eigenvalue weighted by Gasteiger charge is 2.40. The van der Waals surface area contributed by atoms with Crippen LogP contribution in [-0.4, -0.2) is 21.9 Å². The van der Waals surface area contributed by atoms with Gasteiger partial charge in [0.05, 0.1) is 11.1 Å². The summed E-state index contributed by atoms with van der Waals surface area (Å²) in [6.07, 6.45) is -3.98. The van der Waals surface area contributed by atoms with Crippen molar-refractivity contribution in [1.82, 2.24) is 9.97 Å². The molecule has 16 heavy (non-hydrogen) atoms. The number of nitrogens with one attached hydrogen (secondary N) is 1. The van der Waals surface area contributed by atoms with Crippen molar-refractivity contribution in [3.8, 4) is 10.7 Å². The molecule has 2 heterocycles. The van der Waals surface area contributed by atoms with Crippen molar-refractivity contribution in [2.75, 3.05) is 0 Å². The molecule has 0 aliphatic rings. The number of carbonyl (C=O) groups excluding carboxylic acids is 1. The van der Waals surface area contributed by atoms with Crippen LogP contribution in [0, 0.1) is 0 Å². The van der Waals surface area contributed by atoms with Crippen molar-refractivity contribution in [3.05, 3.63) is 29.4 Å². The fourth-order valence-corrected chi connectivity index (χ4v) is 1.80. The minimum Gasteiger partial charge on any atom is -0.335 e. The predicted molar refractivity (Wildman–Crippen MR) is 52.3 cm³/mol. The third-order valence-corrected chi connectivity index (χ3v) is 2.71. The maximum atomic E-state index is 12.1. The number of aromatic amines is 1. The van der Waals surface area contributed by atoms with Crippen LogP contribution in [-0.2, 0) is 0 Å². The summed E-state index contributed by atoms with van der Waals surface area (Å²) >= 11 is 1.32. The highest BCUT2D eigenvalue weighted by Crippen LogP contribution is 2.24. The lowest BCUT2D eigenvalue weighted by atomic mass is 10.3. The number of carbonyl (C=O) groups is 1. The molecule has 0 spiro atoms. The molecule has 2 aromatic rings. The minimum absolute atomic E-state index is 0.266. The van der Waals surface area contributed by atoms with Crippen LogP contribution in [0.2, 0.25) is 0 Å². The summed E-state index contributed by atoms with van der Waals surface area (Å²) in [6, 6.07) is 3.44. The van der Waals surface area contributed by atoms with Crippen molar-refractivity contribution < 1.29 is 18.0 Å². The van der Waals surface area contributed by atoms with Crippen LogP contribution in [0.1, 0.15) is 10.5 Å². The summed E-state index contributed by atoms with van der Waals surface area (Å²) in [6.45, 7) is 0. The smallest absolute Gasteiger partial charge is 0.335 e. The molecular weight excluding hydrogens is 241 g/mol. The third-order valence-electron chi connectivity index (χ3n) is 1.83. The molecule has 3 nitrogen and oxygen atoms in total. The average Bonchev–Trinajstić information content (AvgIpc) is 2.85. The number of nitrogens with zero attached hydrogens (tertiary/aromatic N) is 1.